The SMILES string of the molecule is COc1cccc(C2CC(c3cccs3)=NN2C(=O)CSc2nnc(CNC(=O)COc3ccccc3)n2-c2cccc(C)c2C)c1OC. The lowest BCUT2D eigenvalue weighted by Crippen LogP contribution is -2.30. The van der Waals surface area contributed by atoms with E-state index in [4.69, 9.17) is 19.3 Å². The molecule has 1 aliphatic heterocycles. The van der Waals surface area contributed by atoms with Crippen molar-refractivity contribution in [2.24, 2.45) is 5.10 Å². The molecule has 3 aromatic carbocycles. The van der Waals surface area contributed by atoms with Crippen molar-refractivity contribution in [3.63, 3.8) is 0 Å². The maximum Gasteiger partial charge on any atom is 0.258 e. The number of hydrogen-bond acceptors (Lipinski definition) is 10. The molecule has 6 rings (SSSR count). The molecule has 252 valence electrons. The van der Waals surface area contributed by atoms with E-state index >= 15 is 0 Å². The molecule has 0 spiro atoms. The fourth-order valence-electron chi connectivity index (χ4n) is 5.56. The van der Waals surface area contributed by atoms with Crippen molar-refractivity contribution >= 4 is 40.6 Å². The van der Waals surface area contributed by atoms with Crippen molar-refractivity contribution in [2.45, 2.75) is 38.0 Å². The lowest BCUT2D eigenvalue weighted by Gasteiger charge is -2.24. The van der Waals surface area contributed by atoms with E-state index in [0.717, 1.165) is 33.0 Å². The number of rotatable bonds is 13. The molecule has 1 aliphatic rings. The molecule has 0 fully saturated rings. The maximum atomic E-state index is 14.1. The molecule has 0 radical (unpaired) electrons. The quantitative estimate of drug-likeness (QED) is 0.146. The molecule has 49 heavy (non-hydrogen) atoms. The van der Waals surface area contributed by atoms with Crippen molar-refractivity contribution < 1.29 is 23.8 Å². The Hall–Kier alpha value is -5.14. The van der Waals surface area contributed by atoms with Crippen LogP contribution in [0.5, 0.6) is 17.2 Å². The zero-order valence-corrected chi connectivity index (χ0v) is 29.2. The van der Waals surface area contributed by atoms with Crippen molar-refractivity contribution in [3.05, 3.63) is 112 Å². The average molecular weight is 697 g/mol. The second-order valence-electron chi connectivity index (χ2n) is 11.2. The van der Waals surface area contributed by atoms with Crippen LogP contribution in [0.25, 0.3) is 5.69 Å². The van der Waals surface area contributed by atoms with Gasteiger partial charge in [0.05, 0.1) is 48.8 Å². The van der Waals surface area contributed by atoms with Gasteiger partial charge in [-0.3, -0.25) is 14.2 Å². The number of hydrogen-bond donors (Lipinski definition) is 1. The van der Waals surface area contributed by atoms with E-state index in [1.165, 1.54) is 11.8 Å². The zero-order chi connectivity index (χ0) is 34.3. The molecule has 3 heterocycles. The van der Waals surface area contributed by atoms with Crippen LogP contribution < -0.4 is 19.5 Å². The lowest BCUT2D eigenvalue weighted by molar-refractivity contribution is -0.130. The topological polar surface area (TPSA) is 120 Å². The number of amides is 2. The molecule has 2 aromatic heterocycles. The van der Waals surface area contributed by atoms with Gasteiger partial charge in [0.2, 0.25) is 0 Å². The molecule has 0 saturated heterocycles. The number of thiophene rings is 1. The molecule has 13 heteroatoms. The Bertz CT molecular complexity index is 1960. The Morgan fingerprint density at radius 1 is 0.959 bits per heavy atom. The molecule has 11 nitrogen and oxygen atoms in total. The normalized spacial score (nSPS) is 14.0. The number of ether oxygens (including phenoxy) is 3. The summed E-state index contributed by atoms with van der Waals surface area (Å²) in [5.74, 6) is 1.83. The van der Waals surface area contributed by atoms with E-state index in [-0.39, 0.29) is 30.7 Å². The fourth-order valence-corrected chi connectivity index (χ4v) is 7.10. The first-order chi connectivity index (χ1) is 23.9. The molecule has 5 aromatic rings. The van der Waals surface area contributed by atoms with Gasteiger partial charge in [0.25, 0.3) is 11.8 Å². The number of benzene rings is 3. The second-order valence-corrected chi connectivity index (χ2v) is 13.1. The summed E-state index contributed by atoms with van der Waals surface area (Å²) >= 11 is 2.85. The van der Waals surface area contributed by atoms with Crippen molar-refractivity contribution in [1.29, 1.82) is 0 Å². The van der Waals surface area contributed by atoms with Gasteiger partial charge in [-0.15, -0.1) is 21.5 Å². The molecule has 1 N–H and O–H groups in total. The van der Waals surface area contributed by atoms with Gasteiger partial charge in [-0.25, -0.2) is 5.01 Å². The summed E-state index contributed by atoms with van der Waals surface area (Å²) < 4.78 is 18.8. The maximum absolute atomic E-state index is 14.1. The highest BCUT2D eigenvalue weighted by atomic mass is 32.2. The van der Waals surface area contributed by atoms with Crippen molar-refractivity contribution in [2.75, 3.05) is 26.6 Å². The number of para-hydroxylation sites is 2. The van der Waals surface area contributed by atoms with E-state index < -0.39 is 6.04 Å². The summed E-state index contributed by atoms with van der Waals surface area (Å²) in [7, 11) is 3.18. The number of nitrogens with zero attached hydrogens (tertiary/aromatic N) is 5. The highest BCUT2D eigenvalue weighted by Crippen LogP contribution is 2.42. The Kier molecular flexibility index (Phi) is 10.6. The Labute approximate surface area is 292 Å². The average Bonchev–Trinajstić information content (AvgIpc) is 3.90. The lowest BCUT2D eigenvalue weighted by atomic mass is 9.99. The van der Waals surface area contributed by atoms with Crippen LogP contribution in [-0.2, 0) is 16.1 Å². The van der Waals surface area contributed by atoms with Crippen LogP contribution in [0.3, 0.4) is 0 Å². The number of aryl methyl sites for hydroxylation is 1. The third-order valence-corrected chi connectivity index (χ3v) is 10.00. The van der Waals surface area contributed by atoms with E-state index in [0.29, 0.717) is 34.7 Å². The summed E-state index contributed by atoms with van der Waals surface area (Å²) in [6.07, 6.45) is 0.525. The number of carbonyl (C=O) groups excluding carboxylic acids is 2. The van der Waals surface area contributed by atoms with Crippen molar-refractivity contribution in [3.8, 4) is 22.9 Å². The smallest absolute Gasteiger partial charge is 0.258 e. The minimum atomic E-state index is -0.393. The van der Waals surface area contributed by atoms with Gasteiger partial charge in [-0.05, 0) is 60.7 Å². The van der Waals surface area contributed by atoms with Crippen molar-refractivity contribution in [1.82, 2.24) is 25.1 Å². The number of nitrogens with one attached hydrogen (secondary N) is 1. The van der Waals surface area contributed by atoms with Gasteiger partial charge >= 0.3 is 0 Å². The first-order valence-corrected chi connectivity index (χ1v) is 17.5. The van der Waals surface area contributed by atoms with Gasteiger partial charge in [0.15, 0.2) is 29.1 Å². The zero-order valence-electron chi connectivity index (χ0n) is 27.6. The third-order valence-electron chi connectivity index (χ3n) is 8.16. The van der Waals surface area contributed by atoms with Crippen LogP contribution in [0.2, 0.25) is 0 Å². The molecule has 1 unspecified atom stereocenters. The standard InChI is InChI=1S/C36H36N6O5S2/c1-23-11-8-15-28(24(23)2)41-32(20-37-33(43)21-47-25-12-6-5-7-13-25)38-39-36(41)49-22-34(44)42-29(19-27(40-42)31-17-10-18-48-31)26-14-9-16-30(45-3)35(26)46-4/h5-18,29H,19-22H2,1-4H3,(H,37,43). The molecule has 0 aliphatic carbocycles. The van der Waals surface area contributed by atoms with Gasteiger partial charge in [0.1, 0.15) is 5.75 Å². The molecule has 0 bridgehead atoms. The number of aromatic nitrogens is 3. The van der Waals surface area contributed by atoms with Gasteiger partial charge in [0, 0.05) is 12.0 Å². The van der Waals surface area contributed by atoms with E-state index in [9.17, 15) is 9.59 Å². The predicted molar refractivity (Wildman–Crippen MR) is 190 cm³/mol. The first-order valence-electron chi connectivity index (χ1n) is 15.6. The fraction of sp³-hybridized carbons (Fsp3) is 0.250. The summed E-state index contributed by atoms with van der Waals surface area (Å²) in [5, 5.41) is 20.7. The number of methoxy groups -OCH3 is 2. The summed E-state index contributed by atoms with van der Waals surface area (Å²) in [6, 6.07) is 24.4. The molecular formula is C36H36N6O5S2. The minimum Gasteiger partial charge on any atom is -0.493 e. The van der Waals surface area contributed by atoms with Crippen LogP contribution in [-0.4, -0.2) is 63.9 Å². The number of hydrazone groups is 1. The predicted octanol–water partition coefficient (Wildman–Crippen LogP) is 6.13. The van der Waals surface area contributed by atoms with Crippen LogP contribution in [0.15, 0.2) is 94.5 Å². The Morgan fingerprint density at radius 2 is 1.78 bits per heavy atom. The van der Waals surface area contributed by atoms with Gasteiger partial charge < -0.3 is 19.5 Å². The molecular weight excluding hydrogens is 661 g/mol. The number of carbonyl (C=O) groups is 2. The summed E-state index contributed by atoms with van der Waals surface area (Å²) in [4.78, 5) is 27.8. The van der Waals surface area contributed by atoms with E-state index in [2.05, 4.69) is 15.5 Å². The van der Waals surface area contributed by atoms with Gasteiger partial charge in [-0.1, -0.05) is 60.3 Å². The monoisotopic (exact) mass is 696 g/mol. The van der Waals surface area contributed by atoms with E-state index in [1.54, 1.807) is 42.7 Å². The highest BCUT2D eigenvalue weighted by molar-refractivity contribution is 7.99. The van der Waals surface area contributed by atoms with Crippen LogP contribution in [0, 0.1) is 13.8 Å². The Morgan fingerprint density at radius 3 is 2.53 bits per heavy atom. The number of thioether (sulfide) groups is 1. The van der Waals surface area contributed by atoms with Crippen LogP contribution in [0.4, 0.5) is 0 Å². The van der Waals surface area contributed by atoms with E-state index in [1.807, 2.05) is 90.5 Å². The molecule has 0 saturated carbocycles. The largest absolute Gasteiger partial charge is 0.493 e. The van der Waals surface area contributed by atoms with Crippen LogP contribution >= 0.6 is 23.1 Å². The molecule has 2 amide bonds. The molecule has 1 atom stereocenters. The van der Waals surface area contributed by atoms with Gasteiger partial charge in [-0.2, -0.15) is 5.10 Å². The highest BCUT2D eigenvalue weighted by Gasteiger charge is 2.36. The third kappa shape index (κ3) is 7.47. The minimum absolute atomic E-state index is 0.0459. The summed E-state index contributed by atoms with van der Waals surface area (Å²) in [6.45, 7) is 4.04. The summed E-state index contributed by atoms with van der Waals surface area (Å²) in [5.41, 5.74) is 4.62. The van der Waals surface area contributed by atoms with Crippen LogP contribution in [0.1, 0.15) is 39.9 Å². The second kappa shape index (κ2) is 15.4. The Balaban J connectivity index is 1.24. The first kappa shape index (κ1) is 33.7.